The molecular weight excluding hydrogens is 466 g/mol. The Balaban J connectivity index is 1.58. The van der Waals surface area contributed by atoms with Crippen molar-refractivity contribution >= 4 is 49.4 Å². The molecule has 0 bridgehead atoms. The first-order valence-electron chi connectivity index (χ1n) is 9.44. The number of rotatable bonds is 7. The zero-order valence-electron chi connectivity index (χ0n) is 17.2. The van der Waals surface area contributed by atoms with Crippen LogP contribution < -0.4 is 14.8 Å². The number of thiophene rings is 1. The minimum absolute atomic E-state index is 0.133. The van der Waals surface area contributed by atoms with E-state index in [1.165, 1.54) is 36.6 Å². The summed E-state index contributed by atoms with van der Waals surface area (Å²) in [5.41, 5.74) is 2.37. The molecule has 0 saturated heterocycles. The second kappa shape index (κ2) is 9.11. The second-order valence-corrected chi connectivity index (χ2v) is 10.3. The number of nitrogens with zero attached hydrogens (tertiary/aromatic N) is 1. The number of sulfonamides is 1. The summed E-state index contributed by atoms with van der Waals surface area (Å²) in [7, 11) is -2.61. The number of hydrogen-bond donors (Lipinski definition) is 2. The third-order valence-electron chi connectivity index (χ3n) is 4.52. The molecule has 0 saturated carbocycles. The highest BCUT2D eigenvalue weighted by molar-refractivity contribution is 7.92. The Kier molecular flexibility index (Phi) is 6.26. The number of aryl methyl sites for hydroxylation is 1. The van der Waals surface area contributed by atoms with Crippen molar-refractivity contribution in [1.29, 1.82) is 0 Å². The number of methoxy groups -OCH3 is 1. The first-order valence-corrected chi connectivity index (χ1v) is 12.7. The summed E-state index contributed by atoms with van der Waals surface area (Å²) in [5, 5.41) is 6.97. The van der Waals surface area contributed by atoms with Crippen LogP contribution in [0.5, 0.6) is 5.75 Å². The molecule has 4 rings (SSSR count). The van der Waals surface area contributed by atoms with Crippen LogP contribution in [0.1, 0.15) is 15.9 Å². The highest BCUT2D eigenvalue weighted by Crippen LogP contribution is 2.30. The lowest BCUT2D eigenvalue weighted by Crippen LogP contribution is -2.17. The number of amides is 1. The van der Waals surface area contributed by atoms with Gasteiger partial charge < -0.3 is 4.74 Å². The van der Waals surface area contributed by atoms with Crippen molar-refractivity contribution in [3.63, 3.8) is 0 Å². The number of benzene rings is 2. The Morgan fingerprint density at radius 2 is 1.84 bits per heavy atom. The first kappa shape index (κ1) is 22.0. The van der Waals surface area contributed by atoms with Gasteiger partial charge >= 0.3 is 0 Å². The maximum absolute atomic E-state index is 13.0. The Labute approximate surface area is 193 Å². The van der Waals surface area contributed by atoms with Crippen molar-refractivity contribution in [1.82, 2.24) is 4.98 Å². The minimum Gasteiger partial charge on any atom is -0.495 e. The molecule has 0 radical (unpaired) electrons. The SMILES string of the molecule is COc1ccc(C(=O)Nc2nc(-c3cccs3)cs2)cc1S(=O)(=O)Nc1ccc(C)cc1. The lowest BCUT2D eigenvalue weighted by Gasteiger charge is -2.13. The van der Waals surface area contributed by atoms with Crippen molar-refractivity contribution in [3.8, 4) is 16.3 Å². The van der Waals surface area contributed by atoms with Crippen LogP contribution in [0.15, 0.2) is 70.3 Å². The molecule has 0 aliphatic carbocycles. The lowest BCUT2D eigenvalue weighted by atomic mass is 10.2. The fourth-order valence-electron chi connectivity index (χ4n) is 2.90. The van der Waals surface area contributed by atoms with Crippen LogP contribution in [0.4, 0.5) is 10.8 Å². The monoisotopic (exact) mass is 485 g/mol. The van der Waals surface area contributed by atoms with Gasteiger partial charge in [0.15, 0.2) is 5.13 Å². The highest BCUT2D eigenvalue weighted by Gasteiger charge is 2.22. The second-order valence-electron chi connectivity index (χ2n) is 6.81. The van der Waals surface area contributed by atoms with E-state index in [-0.39, 0.29) is 16.2 Å². The van der Waals surface area contributed by atoms with Gasteiger partial charge in [-0.25, -0.2) is 13.4 Å². The molecule has 0 unspecified atom stereocenters. The minimum atomic E-state index is -3.99. The van der Waals surface area contributed by atoms with E-state index in [1.807, 2.05) is 29.8 Å². The van der Waals surface area contributed by atoms with Gasteiger partial charge in [-0.3, -0.25) is 14.8 Å². The van der Waals surface area contributed by atoms with E-state index in [9.17, 15) is 13.2 Å². The quantitative estimate of drug-likeness (QED) is 0.373. The Bertz CT molecular complexity index is 1350. The topological polar surface area (TPSA) is 97.4 Å². The fourth-order valence-corrected chi connectivity index (χ4v) is 5.62. The van der Waals surface area contributed by atoms with Gasteiger partial charge in [-0.2, -0.15) is 0 Å². The molecule has 32 heavy (non-hydrogen) atoms. The van der Waals surface area contributed by atoms with E-state index >= 15 is 0 Å². The third kappa shape index (κ3) is 4.82. The van der Waals surface area contributed by atoms with Gasteiger partial charge in [-0.05, 0) is 48.7 Å². The molecule has 2 N–H and O–H groups in total. The summed E-state index contributed by atoms with van der Waals surface area (Å²) in [6.45, 7) is 1.91. The number of nitrogens with one attached hydrogen (secondary N) is 2. The van der Waals surface area contributed by atoms with Crippen molar-refractivity contribution in [2.24, 2.45) is 0 Å². The van der Waals surface area contributed by atoms with Gasteiger partial charge in [0.05, 0.1) is 17.7 Å². The summed E-state index contributed by atoms with van der Waals surface area (Å²) in [6, 6.07) is 15.1. The number of anilines is 2. The van der Waals surface area contributed by atoms with Gasteiger partial charge in [-0.1, -0.05) is 23.8 Å². The molecule has 0 aliphatic heterocycles. The lowest BCUT2D eigenvalue weighted by molar-refractivity contribution is 0.102. The highest BCUT2D eigenvalue weighted by atomic mass is 32.2. The molecule has 0 spiro atoms. The van der Waals surface area contributed by atoms with Crippen LogP contribution in [-0.4, -0.2) is 26.4 Å². The summed E-state index contributed by atoms with van der Waals surface area (Å²) >= 11 is 2.86. The molecule has 7 nitrogen and oxygen atoms in total. The van der Waals surface area contributed by atoms with Gasteiger partial charge in [0, 0.05) is 16.6 Å². The van der Waals surface area contributed by atoms with Gasteiger partial charge in [-0.15, -0.1) is 22.7 Å². The van der Waals surface area contributed by atoms with Crippen LogP contribution in [0.25, 0.3) is 10.6 Å². The maximum atomic E-state index is 13.0. The Hall–Kier alpha value is -3.21. The smallest absolute Gasteiger partial charge is 0.265 e. The van der Waals surface area contributed by atoms with E-state index in [0.29, 0.717) is 10.8 Å². The normalized spacial score (nSPS) is 11.2. The average Bonchev–Trinajstić information content (AvgIpc) is 3.47. The van der Waals surface area contributed by atoms with E-state index in [4.69, 9.17) is 4.74 Å². The Morgan fingerprint density at radius 1 is 1.06 bits per heavy atom. The standard InChI is InChI=1S/C22H19N3O4S3/c1-14-5-8-16(9-6-14)25-32(27,28)20-12-15(7-10-18(20)29-2)21(26)24-22-23-17(13-31-22)19-4-3-11-30-19/h3-13,25H,1-2H3,(H,23,24,26). The molecule has 4 aromatic rings. The van der Waals surface area contributed by atoms with Crippen LogP contribution in [0, 0.1) is 6.92 Å². The summed E-state index contributed by atoms with van der Waals surface area (Å²) in [4.78, 5) is 18.1. The molecule has 1 amide bonds. The Morgan fingerprint density at radius 3 is 2.53 bits per heavy atom. The number of ether oxygens (including phenoxy) is 1. The zero-order valence-corrected chi connectivity index (χ0v) is 19.6. The largest absolute Gasteiger partial charge is 0.495 e. The number of carbonyl (C=O) groups excluding carboxylic acids is 1. The van der Waals surface area contributed by atoms with Crippen LogP contribution in [0.3, 0.4) is 0 Å². The predicted molar refractivity (Wildman–Crippen MR) is 128 cm³/mol. The van der Waals surface area contributed by atoms with Crippen molar-refractivity contribution in [3.05, 3.63) is 76.5 Å². The molecule has 0 fully saturated rings. The maximum Gasteiger partial charge on any atom is 0.265 e. The van der Waals surface area contributed by atoms with Crippen molar-refractivity contribution < 1.29 is 17.9 Å². The summed E-state index contributed by atoms with van der Waals surface area (Å²) in [5.74, 6) is -0.332. The predicted octanol–water partition coefficient (Wildman–Crippen LogP) is 5.24. The van der Waals surface area contributed by atoms with E-state index < -0.39 is 15.9 Å². The van der Waals surface area contributed by atoms with Crippen molar-refractivity contribution in [2.45, 2.75) is 11.8 Å². The van der Waals surface area contributed by atoms with Gasteiger partial charge in [0.25, 0.3) is 15.9 Å². The molecule has 164 valence electrons. The molecule has 10 heteroatoms. The summed E-state index contributed by atoms with van der Waals surface area (Å²) in [6.07, 6.45) is 0. The molecule has 2 heterocycles. The first-order chi connectivity index (χ1) is 15.4. The molecule has 2 aromatic heterocycles. The van der Waals surface area contributed by atoms with Gasteiger partial charge in [0.1, 0.15) is 10.6 Å². The third-order valence-corrected chi connectivity index (χ3v) is 7.57. The van der Waals surface area contributed by atoms with E-state index in [0.717, 1.165) is 16.1 Å². The van der Waals surface area contributed by atoms with Crippen LogP contribution >= 0.6 is 22.7 Å². The average molecular weight is 486 g/mol. The summed E-state index contributed by atoms with van der Waals surface area (Å²) < 4.78 is 33.8. The number of aromatic nitrogens is 1. The number of hydrogen-bond acceptors (Lipinski definition) is 7. The molecular formula is C22H19N3O4S3. The number of carbonyl (C=O) groups is 1. The van der Waals surface area contributed by atoms with E-state index in [2.05, 4.69) is 15.0 Å². The zero-order chi connectivity index (χ0) is 22.7. The fraction of sp³-hybridized carbons (Fsp3) is 0.0909. The number of thiazole rings is 1. The molecule has 0 aliphatic rings. The molecule has 0 atom stereocenters. The molecule has 2 aromatic carbocycles. The van der Waals surface area contributed by atoms with Crippen molar-refractivity contribution in [2.75, 3.05) is 17.1 Å². The van der Waals surface area contributed by atoms with Crippen LogP contribution in [0.2, 0.25) is 0 Å². The van der Waals surface area contributed by atoms with Crippen LogP contribution in [-0.2, 0) is 10.0 Å². The van der Waals surface area contributed by atoms with Gasteiger partial charge in [0.2, 0.25) is 0 Å². The van der Waals surface area contributed by atoms with E-state index in [1.54, 1.807) is 35.6 Å².